The molecule has 1 rings (SSSR count). The van der Waals surface area contributed by atoms with E-state index in [2.05, 4.69) is 15.3 Å². The van der Waals surface area contributed by atoms with Crippen LogP contribution in [0.15, 0.2) is 12.4 Å². The van der Waals surface area contributed by atoms with Crippen LogP contribution >= 0.6 is 11.6 Å². The van der Waals surface area contributed by atoms with Crippen molar-refractivity contribution in [1.29, 1.82) is 0 Å². The van der Waals surface area contributed by atoms with Gasteiger partial charge in [-0.1, -0.05) is 11.6 Å². The molecule has 0 aliphatic carbocycles. The Morgan fingerprint density at radius 2 is 2.12 bits per heavy atom. The second-order valence-electron chi connectivity index (χ2n) is 3.34. The molecule has 0 unspecified atom stereocenters. The normalized spacial score (nSPS) is 9.82. The highest BCUT2D eigenvalue weighted by Crippen LogP contribution is 2.03. The Balaban J connectivity index is 2.63. The molecule has 0 fully saturated rings. The molecule has 1 N–H and O–H groups in total. The van der Waals surface area contributed by atoms with Crippen LogP contribution in [0.1, 0.15) is 17.4 Å². The van der Waals surface area contributed by atoms with Gasteiger partial charge in [0, 0.05) is 13.6 Å². The first-order chi connectivity index (χ1) is 8.04. The fourth-order valence-electron chi connectivity index (χ4n) is 1.16. The number of hydrogen-bond acceptors (Lipinski definition) is 4. The fourth-order valence-corrected chi connectivity index (χ4v) is 1.26. The van der Waals surface area contributed by atoms with E-state index in [0.717, 1.165) is 0 Å². The van der Waals surface area contributed by atoms with Gasteiger partial charge in [0.15, 0.2) is 0 Å². The molecule has 0 atom stereocenters. The van der Waals surface area contributed by atoms with Crippen LogP contribution in [0.25, 0.3) is 0 Å². The lowest BCUT2D eigenvalue weighted by atomic mass is 10.3. The first kappa shape index (κ1) is 13.4. The van der Waals surface area contributed by atoms with Gasteiger partial charge >= 0.3 is 0 Å². The van der Waals surface area contributed by atoms with E-state index in [1.54, 1.807) is 0 Å². The molecule has 2 amide bonds. The minimum absolute atomic E-state index is 0.0169. The molecule has 17 heavy (non-hydrogen) atoms. The molecule has 0 saturated heterocycles. The van der Waals surface area contributed by atoms with Gasteiger partial charge in [0.1, 0.15) is 10.8 Å². The quantitative estimate of drug-likeness (QED) is 0.843. The largest absolute Gasteiger partial charge is 0.355 e. The van der Waals surface area contributed by atoms with Crippen LogP contribution in [0.3, 0.4) is 0 Å². The Morgan fingerprint density at radius 3 is 2.65 bits per heavy atom. The van der Waals surface area contributed by atoms with E-state index in [-0.39, 0.29) is 29.2 Å². The van der Waals surface area contributed by atoms with E-state index >= 15 is 0 Å². The van der Waals surface area contributed by atoms with Gasteiger partial charge in [-0.25, -0.2) is 9.97 Å². The predicted octanol–water partition coefficient (Wildman–Crippen LogP) is 0.338. The Labute approximate surface area is 104 Å². The van der Waals surface area contributed by atoms with Gasteiger partial charge in [0.05, 0.1) is 18.9 Å². The van der Waals surface area contributed by atoms with E-state index in [4.69, 9.17) is 11.6 Å². The Morgan fingerprint density at radius 1 is 1.41 bits per heavy atom. The zero-order valence-electron chi connectivity index (χ0n) is 9.61. The number of carbonyl (C=O) groups is 2. The molecule has 6 nitrogen and oxygen atoms in total. The summed E-state index contributed by atoms with van der Waals surface area (Å²) < 4.78 is 0. The predicted molar refractivity (Wildman–Crippen MR) is 62.7 cm³/mol. The SMILES string of the molecule is CCNC(=O)CN(C)C(=O)c1cnc(Cl)cn1. The molecule has 0 bridgehead atoms. The van der Waals surface area contributed by atoms with Crippen LogP contribution in [-0.4, -0.2) is 46.8 Å². The lowest BCUT2D eigenvalue weighted by Gasteiger charge is -2.15. The van der Waals surface area contributed by atoms with Gasteiger partial charge in [-0.15, -0.1) is 0 Å². The van der Waals surface area contributed by atoms with E-state index < -0.39 is 0 Å². The van der Waals surface area contributed by atoms with Gasteiger partial charge in [-0.05, 0) is 6.92 Å². The number of likely N-dealkylation sites (N-methyl/N-ethyl adjacent to an activating group) is 2. The second-order valence-corrected chi connectivity index (χ2v) is 3.73. The first-order valence-corrected chi connectivity index (χ1v) is 5.42. The summed E-state index contributed by atoms with van der Waals surface area (Å²) in [7, 11) is 1.52. The summed E-state index contributed by atoms with van der Waals surface area (Å²) in [5.41, 5.74) is 0.154. The summed E-state index contributed by atoms with van der Waals surface area (Å²) in [4.78, 5) is 31.9. The maximum absolute atomic E-state index is 11.8. The molecular weight excluding hydrogens is 244 g/mol. The van der Waals surface area contributed by atoms with Crippen molar-refractivity contribution >= 4 is 23.4 Å². The summed E-state index contributed by atoms with van der Waals surface area (Å²) >= 11 is 5.56. The van der Waals surface area contributed by atoms with Crippen molar-refractivity contribution in [2.75, 3.05) is 20.1 Å². The number of carbonyl (C=O) groups excluding carboxylic acids is 2. The lowest BCUT2D eigenvalue weighted by molar-refractivity contribution is -0.121. The second kappa shape index (κ2) is 6.15. The van der Waals surface area contributed by atoms with Crippen molar-refractivity contribution in [3.8, 4) is 0 Å². The van der Waals surface area contributed by atoms with Gasteiger partial charge in [-0.3, -0.25) is 9.59 Å². The maximum Gasteiger partial charge on any atom is 0.274 e. The van der Waals surface area contributed by atoms with Gasteiger partial charge in [0.25, 0.3) is 5.91 Å². The smallest absolute Gasteiger partial charge is 0.274 e. The van der Waals surface area contributed by atoms with Crippen molar-refractivity contribution in [3.63, 3.8) is 0 Å². The topological polar surface area (TPSA) is 75.2 Å². The molecule has 0 aromatic carbocycles. The summed E-state index contributed by atoms with van der Waals surface area (Å²) in [6, 6.07) is 0. The minimum atomic E-state index is -0.375. The third-order valence-electron chi connectivity index (χ3n) is 1.94. The number of amides is 2. The Hall–Kier alpha value is -1.69. The van der Waals surface area contributed by atoms with Gasteiger partial charge in [0.2, 0.25) is 5.91 Å². The van der Waals surface area contributed by atoms with Gasteiger partial charge in [-0.2, -0.15) is 0 Å². The molecule has 0 spiro atoms. The molecule has 7 heteroatoms. The fraction of sp³-hybridized carbons (Fsp3) is 0.400. The summed E-state index contributed by atoms with van der Waals surface area (Å²) in [5.74, 6) is -0.592. The van der Waals surface area contributed by atoms with Crippen LogP contribution in [0.2, 0.25) is 5.15 Å². The molecule has 1 heterocycles. The van der Waals surface area contributed by atoms with E-state index in [0.29, 0.717) is 6.54 Å². The standard InChI is InChI=1S/C10H13ClN4O2/c1-3-12-9(16)6-15(2)10(17)7-4-14-8(11)5-13-7/h4-5H,3,6H2,1-2H3,(H,12,16). The highest BCUT2D eigenvalue weighted by atomic mass is 35.5. The summed E-state index contributed by atoms with van der Waals surface area (Å²) in [5, 5.41) is 2.82. The third kappa shape index (κ3) is 3.99. The molecule has 92 valence electrons. The number of rotatable bonds is 4. The number of nitrogens with zero attached hydrogens (tertiary/aromatic N) is 3. The molecule has 0 aliphatic heterocycles. The monoisotopic (exact) mass is 256 g/mol. The zero-order valence-corrected chi connectivity index (χ0v) is 10.4. The average molecular weight is 257 g/mol. The van der Waals surface area contributed by atoms with E-state index in [1.807, 2.05) is 6.92 Å². The molecule has 0 aliphatic rings. The maximum atomic E-state index is 11.8. The highest BCUT2D eigenvalue weighted by Gasteiger charge is 2.15. The molecule has 1 aromatic heterocycles. The molecule has 1 aromatic rings. The number of hydrogen-bond donors (Lipinski definition) is 1. The third-order valence-corrected chi connectivity index (χ3v) is 2.14. The van der Waals surface area contributed by atoms with E-state index in [9.17, 15) is 9.59 Å². The van der Waals surface area contributed by atoms with Crippen LogP contribution < -0.4 is 5.32 Å². The van der Waals surface area contributed by atoms with Gasteiger partial charge < -0.3 is 10.2 Å². The minimum Gasteiger partial charge on any atom is -0.355 e. The van der Waals surface area contributed by atoms with Crippen molar-refractivity contribution in [2.45, 2.75) is 6.92 Å². The average Bonchev–Trinajstić information content (AvgIpc) is 2.29. The van der Waals surface area contributed by atoms with Crippen molar-refractivity contribution < 1.29 is 9.59 Å². The Kier molecular flexibility index (Phi) is 4.84. The van der Waals surface area contributed by atoms with Crippen molar-refractivity contribution in [2.24, 2.45) is 0 Å². The number of aromatic nitrogens is 2. The van der Waals surface area contributed by atoms with Crippen LogP contribution in [0.4, 0.5) is 0 Å². The summed E-state index contributed by atoms with van der Waals surface area (Å²) in [6.07, 6.45) is 2.56. The number of halogens is 1. The molecular formula is C10H13ClN4O2. The van der Waals surface area contributed by atoms with Crippen molar-refractivity contribution in [1.82, 2.24) is 20.2 Å². The van der Waals surface area contributed by atoms with Crippen LogP contribution in [0, 0.1) is 0 Å². The number of nitrogens with one attached hydrogen (secondary N) is 1. The van der Waals surface area contributed by atoms with Crippen LogP contribution in [-0.2, 0) is 4.79 Å². The lowest BCUT2D eigenvalue weighted by Crippen LogP contribution is -2.38. The van der Waals surface area contributed by atoms with Crippen LogP contribution in [0.5, 0.6) is 0 Å². The van der Waals surface area contributed by atoms with Crippen molar-refractivity contribution in [3.05, 3.63) is 23.2 Å². The highest BCUT2D eigenvalue weighted by molar-refractivity contribution is 6.29. The first-order valence-electron chi connectivity index (χ1n) is 5.04. The van der Waals surface area contributed by atoms with E-state index in [1.165, 1.54) is 24.3 Å². The zero-order chi connectivity index (χ0) is 12.8. The molecule has 0 radical (unpaired) electrons. The summed E-state index contributed by atoms with van der Waals surface area (Å²) in [6.45, 7) is 2.32. The Bertz CT molecular complexity index is 407. The molecule has 0 saturated carbocycles.